The van der Waals surface area contributed by atoms with E-state index in [0.29, 0.717) is 47.2 Å². The molecule has 0 spiro atoms. The molecule has 3 N–H and O–H groups in total. The van der Waals surface area contributed by atoms with Crippen molar-refractivity contribution in [2.75, 3.05) is 19.8 Å². The van der Waals surface area contributed by atoms with E-state index in [-0.39, 0.29) is 24.8 Å². The Hall–Kier alpha value is -4.30. The Balaban J connectivity index is 1.59. The summed E-state index contributed by atoms with van der Waals surface area (Å²) in [6.45, 7) is 6.46. The summed E-state index contributed by atoms with van der Waals surface area (Å²) < 4.78 is 12.0. The zero-order chi connectivity index (χ0) is 26.8. The van der Waals surface area contributed by atoms with Gasteiger partial charge in [-0.25, -0.2) is 0 Å². The van der Waals surface area contributed by atoms with Crippen LogP contribution in [0.25, 0.3) is 11.3 Å². The molecule has 0 bridgehead atoms. The van der Waals surface area contributed by atoms with Crippen molar-refractivity contribution in [3.05, 3.63) is 94.2 Å². The first-order chi connectivity index (χ1) is 18.4. The van der Waals surface area contributed by atoms with Gasteiger partial charge in [0.25, 0.3) is 5.91 Å². The summed E-state index contributed by atoms with van der Waals surface area (Å²) in [6, 6.07) is 18.7. The van der Waals surface area contributed by atoms with Gasteiger partial charge in [-0.3, -0.25) is 9.89 Å². The Bertz CT molecular complexity index is 1460. The van der Waals surface area contributed by atoms with Crippen molar-refractivity contribution < 1.29 is 24.5 Å². The Kier molecular flexibility index (Phi) is 7.07. The van der Waals surface area contributed by atoms with Crippen LogP contribution < -0.4 is 9.47 Å². The molecule has 1 atom stereocenters. The molecule has 0 radical (unpaired) electrons. The van der Waals surface area contributed by atoms with Gasteiger partial charge in [-0.05, 0) is 61.2 Å². The highest BCUT2D eigenvalue weighted by Crippen LogP contribution is 2.46. The monoisotopic (exact) mass is 513 g/mol. The number of nitrogens with zero attached hydrogens (tertiary/aromatic N) is 2. The smallest absolute Gasteiger partial charge is 0.273 e. The average Bonchev–Trinajstić information content (AvgIpc) is 3.45. The molecule has 1 aromatic heterocycles. The number of aliphatic hydroxyl groups excluding tert-OH is 1. The van der Waals surface area contributed by atoms with E-state index in [9.17, 15) is 15.0 Å². The lowest BCUT2D eigenvalue weighted by Gasteiger charge is -2.26. The first-order valence-corrected chi connectivity index (χ1v) is 12.7. The number of hydrogen-bond acceptors (Lipinski definition) is 6. The second-order valence-electron chi connectivity index (χ2n) is 9.38. The average molecular weight is 514 g/mol. The van der Waals surface area contributed by atoms with E-state index >= 15 is 0 Å². The molecule has 196 valence electrons. The number of aliphatic hydroxyl groups is 1. The number of carbonyl (C=O) groups is 1. The lowest BCUT2D eigenvalue weighted by molar-refractivity contribution is 0.0706. The number of aromatic hydroxyl groups is 1. The molecule has 38 heavy (non-hydrogen) atoms. The number of aromatic amines is 1. The van der Waals surface area contributed by atoms with E-state index in [1.54, 1.807) is 4.90 Å². The topological polar surface area (TPSA) is 108 Å². The molecule has 0 saturated heterocycles. The third-order valence-corrected chi connectivity index (χ3v) is 6.73. The number of aryl methyl sites for hydroxylation is 2. The summed E-state index contributed by atoms with van der Waals surface area (Å²) in [5.74, 6) is 1.02. The predicted molar refractivity (Wildman–Crippen MR) is 144 cm³/mol. The van der Waals surface area contributed by atoms with Gasteiger partial charge in [-0.2, -0.15) is 5.10 Å². The molecule has 8 nitrogen and oxygen atoms in total. The van der Waals surface area contributed by atoms with E-state index < -0.39 is 6.04 Å². The first kappa shape index (κ1) is 25.4. The largest absolute Gasteiger partial charge is 0.507 e. The number of H-pyrrole nitrogens is 1. The van der Waals surface area contributed by atoms with Crippen LogP contribution in [0.1, 0.15) is 51.3 Å². The van der Waals surface area contributed by atoms with Crippen LogP contribution in [0.4, 0.5) is 0 Å². The Morgan fingerprint density at radius 1 is 1.03 bits per heavy atom. The zero-order valence-electron chi connectivity index (χ0n) is 21.7. The lowest BCUT2D eigenvalue weighted by Crippen LogP contribution is -2.32. The Morgan fingerprint density at radius 2 is 1.82 bits per heavy atom. The predicted octanol–water partition coefficient (Wildman–Crippen LogP) is 4.91. The molecule has 2 heterocycles. The highest BCUT2D eigenvalue weighted by molar-refractivity contribution is 6.00. The molecule has 3 aromatic carbocycles. The molecule has 0 saturated carbocycles. The summed E-state index contributed by atoms with van der Waals surface area (Å²) >= 11 is 0. The maximum Gasteiger partial charge on any atom is 0.273 e. The van der Waals surface area contributed by atoms with Crippen molar-refractivity contribution in [1.82, 2.24) is 15.1 Å². The third kappa shape index (κ3) is 4.59. The minimum atomic E-state index is -0.541. The number of amides is 1. The number of fused-ring (bicyclic) bond motifs is 1. The normalized spacial score (nSPS) is 14.6. The molecule has 1 aliphatic rings. The van der Waals surface area contributed by atoms with Crippen LogP contribution in [0.2, 0.25) is 0 Å². The fourth-order valence-corrected chi connectivity index (χ4v) is 5.04. The standard InChI is InChI=1S/C30H31N3O5/c1-4-37-24-16-21(10-11-23(24)38-17-20-8-6-5-7-9-20)28-25-26(22-15-18(2)14-19(3)29(22)35)31-32-27(25)30(36)33(28)12-13-34/h5-11,14-16,28,34-35H,4,12-13,17H2,1-3H3,(H,31,32)/t28-/m0/s1. The molecule has 0 fully saturated rings. The maximum atomic E-state index is 13.4. The van der Waals surface area contributed by atoms with Gasteiger partial charge in [0, 0.05) is 17.7 Å². The summed E-state index contributed by atoms with van der Waals surface area (Å²) in [4.78, 5) is 15.0. The van der Waals surface area contributed by atoms with Crippen LogP contribution >= 0.6 is 0 Å². The van der Waals surface area contributed by atoms with E-state index in [1.807, 2.05) is 81.4 Å². The molecule has 1 aliphatic heterocycles. The SMILES string of the molecule is CCOc1cc([C@H]2c3c(-c4cc(C)cc(C)c4O)n[nH]c3C(=O)N2CCO)ccc1OCc1ccccc1. The van der Waals surface area contributed by atoms with Gasteiger partial charge in [-0.1, -0.05) is 42.5 Å². The molecule has 1 amide bonds. The highest BCUT2D eigenvalue weighted by Gasteiger charge is 2.42. The maximum absolute atomic E-state index is 13.4. The number of ether oxygens (including phenoxy) is 2. The molecule has 0 aliphatic carbocycles. The number of phenolic OH excluding ortho intramolecular Hbond substituents is 1. The zero-order valence-corrected chi connectivity index (χ0v) is 21.7. The summed E-state index contributed by atoms with van der Waals surface area (Å²) in [5.41, 5.74) is 5.58. The van der Waals surface area contributed by atoms with Crippen LogP contribution in [0, 0.1) is 13.8 Å². The number of nitrogens with one attached hydrogen (secondary N) is 1. The van der Waals surface area contributed by atoms with Gasteiger partial charge in [0.15, 0.2) is 11.5 Å². The molecular weight excluding hydrogens is 482 g/mol. The minimum Gasteiger partial charge on any atom is -0.507 e. The van der Waals surface area contributed by atoms with Gasteiger partial charge in [0.05, 0.1) is 19.3 Å². The highest BCUT2D eigenvalue weighted by atomic mass is 16.5. The van der Waals surface area contributed by atoms with Crippen molar-refractivity contribution in [3.8, 4) is 28.5 Å². The van der Waals surface area contributed by atoms with Crippen molar-refractivity contribution in [3.63, 3.8) is 0 Å². The number of hydrogen-bond donors (Lipinski definition) is 3. The molecule has 0 unspecified atom stereocenters. The number of benzene rings is 3. The first-order valence-electron chi connectivity index (χ1n) is 12.7. The minimum absolute atomic E-state index is 0.122. The van der Waals surface area contributed by atoms with Gasteiger partial charge in [-0.15, -0.1) is 0 Å². The summed E-state index contributed by atoms with van der Waals surface area (Å²) in [7, 11) is 0. The van der Waals surface area contributed by atoms with Gasteiger partial charge in [0.1, 0.15) is 23.7 Å². The number of β-amino-alcohol motifs (C(OH)–C–C–N with tert-alkyl or cyclic N) is 1. The van der Waals surface area contributed by atoms with Crippen molar-refractivity contribution >= 4 is 5.91 Å². The van der Waals surface area contributed by atoms with Crippen LogP contribution in [-0.2, 0) is 6.61 Å². The van der Waals surface area contributed by atoms with Crippen LogP contribution in [0.15, 0.2) is 60.7 Å². The Labute approximate surface area is 221 Å². The fourth-order valence-electron chi connectivity index (χ4n) is 5.04. The second kappa shape index (κ2) is 10.6. The lowest BCUT2D eigenvalue weighted by atomic mass is 9.94. The van der Waals surface area contributed by atoms with Crippen molar-refractivity contribution in [2.24, 2.45) is 0 Å². The van der Waals surface area contributed by atoms with E-state index in [4.69, 9.17) is 9.47 Å². The molecule has 8 heteroatoms. The Morgan fingerprint density at radius 3 is 2.55 bits per heavy atom. The van der Waals surface area contributed by atoms with E-state index in [2.05, 4.69) is 10.2 Å². The number of rotatable bonds is 9. The quantitative estimate of drug-likeness (QED) is 0.293. The van der Waals surface area contributed by atoms with Crippen molar-refractivity contribution in [2.45, 2.75) is 33.4 Å². The van der Waals surface area contributed by atoms with Gasteiger partial charge in [0.2, 0.25) is 0 Å². The molecular formula is C30H31N3O5. The van der Waals surface area contributed by atoms with Crippen molar-refractivity contribution in [1.29, 1.82) is 0 Å². The third-order valence-electron chi connectivity index (χ3n) is 6.73. The second-order valence-corrected chi connectivity index (χ2v) is 9.38. The van der Waals surface area contributed by atoms with Crippen LogP contribution in [0.5, 0.6) is 17.2 Å². The number of carbonyl (C=O) groups excluding carboxylic acids is 1. The number of phenols is 1. The fraction of sp³-hybridized carbons (Fsp3) is 0.267. The summed E-state index contributed by atoms with van der Waals surface area (Å²) in [5, 5.41) is 28.0. The van der Waals surface area contributed by atoms with E-state index in [0.717, 1.165) is 22.3 Å². The summed E-state index contributed by atoms with van der Waals surface area (Å²) in [6.07, 6.45) is 0. The van der Waals surface area contributed by atoms with Crippen LogP contribution in [0.3, 0.4) is 0 Å². The van der Waals surface area contributed by atoms with Gasteiger partial charge >= 0.3 is 0 Å². The number of aromatic nitrogens is 2. The molecule has 5 rings (SSSR count). The van der Waals surface area contributed by atoms with Crippen LogP contribution in [-0.4, -0.2) is 51.0 Å². The van der Waals surface area contributed by atoms with E-state index in [1.165, 1.54) is 0 Å². The van der Waals surface area contributed by atoms with Gasteiger partial charge < -0.3 is 24.6 Å². The molecule has 4 aromatic rings.